The van der Waals surface area contributed by atoms with E-state index in [2.05, 4.69) is 15.5 Å². The van der Waals surface area contributed by atoms with Crippen molar-refractivity contribution in [1.29, 1.82) is 0 Å². The summed E-state index contributed by atoms with van der Waals surface area (Å²) >= 11 is 5.52. The van der Waals surface area contributed by atoms with Gasteiger partial charge < -0.3 is 11.1 Å². The number of hydrogen-bond acceptors (Lipinski definition) is 4. The van der Waals surface area contributed by atoms with E-state index in [1.54, 1.807) is 6.92 Å². The number of carbonyl (C=O) groups is 2. The molecular weight excluding hydrogens is 232 g/mol. The van der Waals surface area contributed by atoms with E-state index in [0.717, 1.165) is 0 Å². The van der Waals surface area contributed by atoms with Gasteiger partial charge in [0.1, 0.15) is 0 Å². The van der Waals surface area contributed by atoms with Crippen molar-refractivity contribution in [2.75, 3.05) is 0 Å². The topological polar surface area (TPSA) is 98.0 Å². The lowest BCUT2D eigenvalue weighted by molar-refractivity contribution is -0.118. The smallest absolute Gasteiger partial charge is 0.272 e. The van der Waals surface area contributed by atoms with Crippen molar-refractivity contribution in [1.82, 2.24) is 15.5 Å². The third-order valence-corrected chi connectivity index (χ3v) is 1.95. The van der Waals surface area contributed by atoms with E-state index < -0.39 is 11.8 Å². The van der Waals surface area contributed by atoms with Crippen LogP contribution in [-0.2, 0) is 4.79 Å². The first-order valence-electron chi connectivity index (χ1n) is 4.57. The minimum atomic E-state index is -0.477. The number of carbonyl (C=O) groups excluding carboxylic acids is 2. The second-order valence-corrected chi connectivity index (χ2v) is 3.67. The van der Waals surface area contributed by atoms with Crippen molar-refractivity contribution in [2.45, 2.75) is 19.4 Å². The van der Waals surface area contributed by atoms with Crippen molar-refractivity contribution >= 4 is 23.4 Å². The van der Waals surface area contributed by atoms with Crippen LogP contribution in [0.25, 0.3) is 0 Å². The van der Waals surface area contributed by atoms with Crippen LogP contribution < -0.4 is 11.1 Å². The lowest BCUT2D eigenvalue weighted by Crippen LogP contribution is -2.36. The highest BCUT2D eigenvalue weighted by Crippen LogP contribution is 2.02. The summed E-state index contributed by atoms with van der Waals surface area (Å²) in [6, 6.07) is 2.56. The molecule has 1 unspecified atom stereocenters. The molecule has 0 aliphatic rings. The number of nitrogens with one attached hydrogen (secondary N) is 1. The maximum absolute atomic E-state index is 11.5. The number of halogens is 1. The van der Waals surface area contributed by atoms with Crippen LogP contribution in [0.15, 0.2) is 12.1 Å². The Morgan fingerprint density at radius 1 is 1.50 bits per heavy atom. The van der Waals surface area contributed by atoms with E-state index in [-0.39, 0.29) is 23.3 Å². The Hall–Kier alpha value is -1.69. The second kappa shape index (κ2) is 5.41. The Bertz CT molecular complexity index is 393. The van der Waals surface area contributed by atoms with Crippen LogP contribution >= 0.6 is 11.6 Å². The zero-order valence-electron chi connectivity index (χ0n) is 8.61. The molecule has 1 aromatic rings. The molecule has 0 bridgehead atoms. The Labute approximate surface area is 97.2 Å². The number of hydrogen-bond donors (Lipinski definition) is 2. The van der Waals surface area contributed by atoms with Gasteiger partial charge in [0.05, 0.1) is 0 Å². The highest BCUT2D eigenvalue weighted by Gasteiger charge is 2.12. The zero-order valence-corrected chi connectivity index (χ0v) is 9.36. The molecule has 0 saturated heterocycles. The van der Waals surface area contributed by atoms with Gasteiger partial charge in [-0.2, -0.15) is 0 Å². The molecule has 86 valence electrons. The molecule has 0 fully saturated rings. The molecule has 6 nitrogen and oxygen atoms in total. The first-order valence-corrected chi connectivity index (χ1v) is 4.95. The van der Waals surface area contributed by atoms with Crippen LogP contribution in [0.5, 0.6) is 0 Å². The molecule has 0 aliphatic heterocycles. The van der Waals surface area contributed by atoms with Gasteiger partial charge >= 0.3 is 0 Å². The Balaban J connectivity index is 2.58. The molecule has 1 rings (SSSR count). The Morgan fingerprint density at radius 2 is 2.19 bits per heavy atom. The standard InChI is InChI=1S/C9H11ClN4O2/c1-5(4-8(11)15)12-9(16)6-2-3-7(10)14-13-6/h2-3,5H,4H2,1H3,(H2,11,15)(H,12,16). The summed E-state index contributed by atoms with van der Waals surface area (Å²) < 4.78 is 0. The molecule has 7 heteroatoms. The van der Waals surface area contributed by atoms with Crippen molar-refractivity contribution in [3.63, 3.8) is 0 Å². The van der Waals surface area contributed by atoms with Crippen LogP contribution in [0.1, 0.15) is 23.8 Å². The normalized spacial score (nSPS) is 11.9. The summed E-state index contributed by atoms with van der Waals surface area (Å²) in [5, 5.41) is 9.90. The molecule has 1 heterocycles. The maximum Gasteiger partial charge on any atom is 0.272 e. The minimum Gasteiger partial charge on any atom is -0.370 e. The number of aromatic nitrogens is 2. The van der Waals surface area contributed by atoms with Gasteiger partial charge in [-0.15, -0.1) is 10.2 Å². The van der Waals surface area contributed by atoms with Gasteiger partial charge in [-0.3, -0.25) is 9.59 Å². The minimum absolute atomic E-state index is 0.0761. The Kier molecular flexibility index (Phi) is 4.19. The zero-order chi connectivity index (χ0) is 12.1. The predicted octanol–water partition coefficient (Wildman–Crippen LogP) is 0.124. The fourth-order valence-corrected chi connectivity index (χ4v) is 1.19. The second-order valence-electron chi connectivity index (χ2n) is 3.29. The fourth-order valence-electron chi connectivity index (χ4n) is 1.09. The molecule has 0 aromatic carbocycles. The Morgan fingerprint density at radius 3 is 2.69 bits per heavy atom. The number of rotatable bonds is 4. The van der Waals surface area contributed by atoms with E-state index in [9.17, 15) is 9.59 Å². The average molecular weight is 243 g/mol. The molecule has 0 radical (unpaired) electrons. The molecule has 3 N–H and O–H groups in total. The van der Waals surface area contributed by atoms with Crippen LogP contribution in [0, 0.1) is 0 Å². The van der Waals surface area contributed by atoms with Crippen LogP contribution in [0.4, 0.5) is 0 Å². The molecule has 1 aromatic heterocycles. The number of nitrogens with zero attached hydrogens (tertiary/aromatic N) is 2. The predicted molar refractivity (Wildman–Crippen MR) is 57.8 cm³/mol. The van der Waals surface area contributed by atoms with Gasteiger partial charge in [0.15, 0.2) is 10.8 Å². The van der Waals surface area contributed by atoms with Gasteiger partial charge in [0.2, 0.25) is 5.91 Å². The van der Waals surface area contributed by atoms with Crippen molar-refractivity contribution < 1.29 is 9.59 Å². The summed E-state index contributed by atoms with van der Waals surface area (Å²) in [7, 11) is 0. The van der Waals surface area contributed by atoms with Crippen molar-refractivity contribution in [3.05, 3.63) is 23.0 Å². The van der Waals surface area contributed by atoms with E-state index in [1.165, 1.54) is 12.1 Å². The summed E-state index contributed by atoms with van der Waals surface area (Å²) in [5.74, 6) is -0.895. The monoisotopic (exact) mass is 242 g/mol. The largest absolute Gasteiger partial charge is 0.370 e. The summed E-state index contributed by atoms with van der Waals surface area (Å²) in [5.41, 5.74) is 5.13. The summed E-state index contributed by atoms with van der Waals surface area (Å²) in [4.78, 5) is 22.1. The first-order chi connectivity index (χ1) is 7.49. The van der Waals surface area contributed by atoms with Crippen molar-refractivity contribution in [3.8, 4) is 0 Å². The highest BCUT2D eigenvalue weighted by molar-refractivity contribution is 6.29. The van der Waals surface area contributed by atoms with Gasteiger partial charge in [0, 0.05) is 12.5 Å². The summed E-state index contributed by atoms with van der Waals surface area (Å²) in [6.07, 6.45) is 0.0761. The first kappa shape index (κ1) is 12.4. The molecule has 2 amide bonds. The van der Waals surface area contributed by atoms with E-state index >= 15 is 0 Å². The van der Waals surface area contributed by atoms with Gasteiger partial charge in [-0.25, -0.2) is 0 Å². The highest BCUT2D eigenvalue weighted by atomic mass is 35.5. The van der Waals surface area contributed by atoms with E-state index in [4.69, 9.17) is 17.3 Å². The van der Waals surface area contributed by atoms with Crippen LogP contribution in [0.3, 0.4) is 0 Å². The molecule has 16 heavy (non-hydrogen) atoms. The van der Waals surface area contributed by atoms with Crippen LogP contribution in [-0.4, -0.2) is 28.1 Å². The maximum atomic E-state index is 11.5. The SMILES string of the molecule is CC(CC(N)=O)NC(=O)c1ccc(Cl)nn1. The van der Waals surface area contributed by atoms with Crippen molar-refractivity contribution in [2.24, 2.45) is 5.73 Å². The quantitative estimate of drug-likeness (QED) is 0.784. The molecule has 0 aliphatic carbocycles. The summed E-state index contributed by atoms with van der Waals surface area (Å²) in [6.45, 7) is 1.67. The van der Waals surface area contributed by atoms with E-state index in [0.29, 0.717) is 0 Å². The van der Waals surface area contributed by atoms with Crippen LogP contribution in [0.2, 0.25) is 5.15 Å². The third kappa shape index (κ3) is 3.82. The van der Waals surface area contributed by atoms with Gasteiger partial charge in [-0.05, 0) is 19.1 Å². The number of nitrogens with two attached hydrogens (primary N) is 1. The molecule has 0 spiro atoms. The fraction of sp³-hybridized carbons (Fsp3) is 0.333. The molecular formula is C9H11ClN4O2. The van der Waals surface area contributed by atoms with Gasteiger partial charge in [0.25, 0.3) is 5.91 Å². The lowest BCUT2D eigenvalue weighted by atomic mass is 10.2. The third-order valence-electron chi connectivity index (χ3n) is 1.75. The number of amides is 2. The average Bonchev–Trinajstić information content (AvgIpc) is 2.16. The number of primary amides is 1. The lowest BCUT2D eigenvalue weighted by Gasteiger charge is -2.10. The molecule has 0 saturated carbocycles. The molecule has 1 atom stereocenters. The van der Waals surface area contributed by atoms with E-state index in [1.807, 2.05) is 0 Å². The van der Waals surface area contributed by atoms with Gasteiger partial charge in [-0.1, -0.05) is 11.6 Å².